The molecule has 0 aliphatic rings. The number of carbonyl (C=O) groups is 1. The molecule has 0 aliphatic carbocycles. The first-order chi connectivity index (χ1) is 9.21. The summed E-state index contributed by atoms with van der Waals surface area (Å²) in [5.74, 6) is 0.373. The van der Waals surface area contributed by atoms with Crippen molar-refractivity contribution in [1.82, 2.24) is 5.32 Å². The van der Waals surface area contributed by atoms with Crippen molar-refractivity contribution in [2.75, 3.05) is 5.32 Å². The molecule has 0 unspecified atom stereocenters. The Morgan fingerprint density at radius 2 is 1.80 bits per heavy atom. The number of para-hydroxylation sites is 1. The second-order valence-electron chi connectivity index (χ2n) is 6.42. The SMILES string of the molecule is C/C(=C\NC(=O)Nc1ccccc1C(C)C)C(C)(C)C. The van der Waals surface area contributed by atoms with Crippen LogP contribution in [0.2, 0.25) is 0 Å². The molecule has 20 heavy (non-hydrogen) atoms. The summed E-state index contributed by atoms with van der Waals surface area (Å²) in [6.07, 6.45) is 1.77. The van der Waals surface area contributed by atoms with Crippen molar-refractivity contribution in [3.8, 4) is 0 Å². The summed E-state index contributed by atoms with van der Waals surface area (Å²) in [6.45, 7) is 12.6. The van der Waals surface area contributed by atoms with Gasteiger partial charge in [0.25, 0.3) is 0 Å². The van der Waals surface area contributed by atoms with E-state index in [0.29, 0.717) is 5.92 Å². The normalized spacial score (nSPS) is 12.4. The van der Waals surface area contributed by atoms with Crippen molar-refractivity contribution in [1.29, 1.82) is 0 Å². The number of nitrogens with one attached hydrogen (secondary N) is 2. The molecule has 0 aromatic heterocycles. The molecule has 0 bridgehead atoms. The van der Waals surface area contributed by atoms with Gasteiger partial charge in [-0.25, -0.2) is 4.79 Å². The van der Waals surface area contributed by atoms with Crippen LogP contribution >= 0.6 is 0 Å². The van der Waals surface area contributed by atoms with Gasteiger partial charge in [-0.05, 0) is 29.9 Å². The van der Waals surface area contributed by atoms with Gasteiger partial charge in [0.05, 0.1) is 0 Å². The maximum atomic E-state index is 12.0. The monoisotopic (exact) mass is 274 g/mol. The average molecular weight is 274 g/mol. The number of benzene rings is 1. The molecule has 0 spiro atoms. The second kappa shape index (κ2) is 6.60. The van der Waals surface area contributed by atoms with Crippen LogP contribution in [0.1, 0.15) is 53.0 Å². The Morgan fingerprint density at radius 3 is 2.35 bits per heavy atom. The van der Waals surface area contributed by atoms with E-state index in [1.807, 2.05) is 31.2 Å². The largest absolute Gasteiger partial charge is 0.323 e. The summed E-state index contributed by atoms with van der Waals surface area (Å²) < 4.78 is 0. The molecule has 1 aromatic rings. The summed E-state index contributed by atoms with van der Waals surface area (Å²) in [7, 11) is 0. The van der Waals surface area contributed by atoms with Crippen molar-refractivity contribution in [2.45, 2.75) is 47.5 Å². The zero-order chi connectivity index (χ0) is 15.3. The van der Waals surface area contributed by atoms with E-state index >= 15 is 0 Å². The van der Waals surface area contributed by atoms with Crippen molar-refractivity contribution in [3.63, 3.8) is 0 Å². The van der Waals surface area contributed by atoms with Crippen LogP contribution in [0.3, 0.4) is 0 Å². The van der Waals surface area contributed by atoms with Crippen molar-refractivity contribution < 1.29 is 4.79 Å². The number of amides is 2. The summed E-state index contributed by atoms with van der Waals surface area (Å²) in [5.41, 5.74) is 3.19. The number of carbonyl (C=O) groups excluding carboxylic acids is 1. The quantitative estimate of drug-likeness (QED) is 0.810. The van der Waals surface area contributed by atoms with Gasteiger partial charge in [-0.3, -0.25) is 0 Å². The van der Waals surface area contributed by atoms with Crippen LogP contribution in [-0.4, -0.2) is 6.03 Å². The highest BCUT2D eigenvalue weighted by Crippen LogP contribution is 2.24. The number of hydrogen-bond acceptors (Lipinski definition) is 1. The lowest BCUT2D eigenvalue weighted by Gasteiger charge is -2.19. The zero-order valence-electron chi connectivity index (χ0n) is 13.4. The highest BCUT2D eigenvalue weighted by atomic mass is 16.2. The fourth-order valence-electron chi connectivity index (χ4n) is 1.66. The lowest BCUT2D eigenvalue weighted by Crippen LogP contribution is -2.26. The van der Waals surface area contributed by atoms with Crippen molar-refractivity contribution >= 4 is 11.7 Å². The Kier molecular flexibility index (Phi) is 5.37. The molecule has 3 nitrogen and oxygen atoms in total. The lowest BCUT2D eigenvalue weighted by atomic mass is 9.88. The second-order valence-corrected chi connectivity index (χ2v) is 6.42. The summed E-state index contributed by atoms with van der Waals surface area (Å²) in [6, 6.07) is 7.67. The number of urea groups is 1. The molecule has 1 aromatic carbocycles. The predicted molar refractivity (Wildman–Crippen MR) is 85.9 cm³/mol. The highest BCUT2D eigenvalue weighted by Gasteiger charge is 2.13. The zero-order valence-corrected chi connectivity index (χ0v) is 13.4. The highest BCUT2D eigenvalue weighted by molar-refractivity contribution is 5.90. The van der Waals surface area contributed by atoms with Crippen molar-refractivity contribution in [3.05, 3.63) is 41.6 Å². The Hall–Kier alpha value is -1.77. The van der Waals surface area contributed by atoms with E-state index in [9.17, 15) is 4.79 Å². The number of rotatable bonds is 3. The van der Waals surface area contributed by atoms with E-state index in [1.54, 1.807) is 6.20 Å². The third-order valence-electron chi connectivity index (χ3n) is 3.43. The number of hydrogen-bond donors (Lipinski definition) is 2. The first-order valence-corrected chi connectivity index (χ1v) is 7.05. The van der Waals surface area contributed by atoms with Crippen LogP contribution in [0.4, 0.5) is 10.5 Å². The molecule has 0 heterocycles. The lowest BCUT2D eigenvalue weighted by molar-refractivity contribution is 0.255. The Balaban J connectivity index is 2.73. The smallest absolute Gasteiger partial charge is 0.314 e. The van der Waals surface area contributed by atoms with E-state index in [0.717, 1.165) is 16.8 Å². The molecule has 2 amide bonds. The molecule has 0 aliphatic heterocycles. The first kappa shape index (κ1) is 16.3. The molecular formula is C17H26N2O. The third kappa shape index (κ3) is 4.72. The molecule has 0 saturated heterocycles. The van der Waals surface area contributed by atoms with Gasteiger partial charge in [-0.2, -0.15) is 0 Å². The minimum Gasteiger partial charge on any atom is -0.314 e. The van der Waals surface area contributed by atoms with Gasteiger partial charge in [0.2, 0.25) is 0 Å². The maximum Gasteiger partial charge on any atom is 0.323 e. The molecule has 0 radical (unpaired) electrons. The standard InChI is InChI=1S/C17H26N2O/c1-12(2)14-9-7-8-10-15(14)19-16(20)18-11-13(3)17(4,5)6/h7-12H,1-6H3,(H2,18,19,20)/b13-11+. The summed E-state index contributed by atoms with van der Waals surface area (Å²) in [4.78, 5) is 12.0. The Morgan fingerprint density at radius 1 is 1.20 bits per heavy atom. The number of allylic oxidation sites excluding steroid dienone is 1. The fraction of sp³-hybridized carbons (Fsp3) is 0.471. The van der Waals surface area contributed by atoms with Gasteiger partial charge in [0.15, 0.2) is 0 Å². The Bertz CT molecular complexity index is 496. The van der Waals surface area contributed by atoms with E-state index in [1.165, 1.54) is 0 Å². The van der Waals surface area contributed by atoms with Gasteiger partial charge >= 0.3 is 6.03 Å². The maximum absolute atomic E-state index is 12.0. The van der Waals surface area contributed by atoms with Gasteiger partial charge in [0.1, 0.15) is 0 Å². The fourth-order valence-corrected chi connectivity index (χ4v) is 1.66. The third-order valence-corrected chi connectivity index (χ3v) is 3.43. The molecule has 3 heteroatoms. The Labute approximate surface area is 122 Å². The van der Waals surface area contributed by atoms with Crippen molar-refractivity contribution in [2.24, 2.45) is 5.41 Å². The molecule has 0 atom stereocenters. The van der Waals surface area contributed by atoms with Gasteiger partial charge < -0.3 is 10.6 Å². The molecule has 110 valence electrons. The van der Waals surface area contributed by atoms with E-state index in [2.05, 4.69) is 45.3 Å². The van der Waals surface area contributed by atoms with Crippen LogP contribution in [0.5, 0.6) is 0 Å². The van der Waals surface area contributed by atoms with Gasteiger partial charge in [-0.1, -0.05) is 58.4 Å². The topological polar surface area (TPSA) is 41.1 Å². The van der Waals surface area contributed by atoms with Crippen LogP contribution in [-0.2, 0) is 0 Å². The minimum atomic E-state index is -0.207. The average Bonchev–Trinajstić information content (AvgIpc) is 2.35. The van der Waals surface area contributed by atoms with Crippen LogP contribution in [0.15, 0.2) is 36.0 Å². The van der Waals surface area contributed by atoms with Crippen LogP contribution in [0, 0.1) is 5.41 Å². The van der Waals surface area contributed by atoms with Gasteiger partial charge in [0, 0.05) is 11.9 Å². The molecule has 0 fully saturated rings. The van der Waals surface area contributed by atoms with Crippen LogP contribution in [0.25, 0.3) is 0 Å². The molecule has 2 N–H and O–H groups in total. The van der Waals surface area contributed by atoms with E-state index < -0.39 is 0 Å². The summed E-state index contributed by atoms with van der Waals surface area (Å²) >= 11 is 0. The molecule has 1 rings (SSSR count). The first-order valence-electron chi connectivity index (χ1n) is 7.05. The summed E-state index contributed by atoms with van der Waals surface area (Å²) in [5, 5.41) is 5.70. The minimum absolute atomic E-state index is 0.0587. The van der Waals surface area contributed by atoms with E-state index in [-0.39, 0.29) is 11.4 Å². The number of anilines is 1. The molecule has 0 saturated carbocycles. The van der Waals surface area contributed by atoms with Crippen LogP contribution < -0.4 is 10.6 Å². The van der Waals surface area contributed by atoms with E-state index in [4.69, 9.17) is 0 Å². The molecular weight excluding hydrogens is 248 g/mol. The predicted octanol–water partition coefficient (Wildman–Crippen LogP) is 4.88. The van der Waals surface area contributed by atoms with Gasteiger partial charge in [-0.15, -0.1) is 0 Å².